The van der Waals surface area contributed by atoms with Crippen molar-refractivity contribution in [2.75, 3.05) is 5.75 Å². The van der Waals surface area contributed by atoms with Crippen molar-refractivity contribution in [3.05, 3.63) is 70.5 Å². The lowest BCUT2D eigenvalue weighted by atomic mass is 10.1. The topological polar surface area (TPSA) is 75.3 Å². The summed E-state index contributed by atoms with van der Waals surface area (Å²) in [6.45, 7) is 0. The van der Waals surface area contributed by atoms with Crippen LogP contribution in [0.5, 0.6) is 0 Å². The zero-order valence-electron chi connectivity index (χ0n) is 12.2. The highest BCUT2D eigenvalue weighted by Gasteiger charge is 2.25. The highest BCUT2D eigenvalue weighted by atomic mass is 35.5. The lowest BCUT2D eigenvalue weighted by molar-refractivity contribution is 0.0942. The van der Waals surface area contributed by atoms with Gasteiger partial charge < -0.3 is 0 Å². The van der Waals surface area contributed by atoms with E-state index in [0.717, 1.165) is 12.1 Å². The molecule has 1 heterocycles. The Bertz CT molecular complexity index is 940. The van der Waals surface area contributed by atoms with Crippen molar-refractivity contribution in [2.24, 2.45) is 0 Å². The number of halogens is 2. The number of amides is 1. The molecule has 0 atom stereocenters. The highest BCUT2D eigenvalue weighted by molar-refractivity contribution is 7.91. The van der Waals surface area contributed by atoms with Crippen LogP contribution in [0.3, 0.4) is 0 Å². The summed E-state index contributed by atoms with van der Waals surface area (Å²) in [5.41, 5.74) is 5.98. The molecule has 2 N–H and O–H groups in total. The molecule has 0 fully saturated rings. The third-order valence-corrected chi connectivity index (χ3v) is 5.37. The zero-order chi connectivity index (χ0) is 17.3. The van der Waals surface area contributed by atoms with Gasteiger partial charge in [0.15, 0.2) is 9.84 Å². The van der Waals surface area contributed by atoms with E-state index in [-0.39, 0.29) is 16.2 Å². The van der Waals surface area contributed by atoms with E-state index in [0.29, 0.717) is 16.3 Å². The van der Waals surface area contributed by atoms with E-state index < -0.39 is 21.6 Å². The molecule has 0 spiro atoms. The van der Waals surface area contributed by atoms with Crippen LogP contribution < -0.4 is 10.9 Å². The van der Waals surface area contributed by atoms with Crippen LogP contribution in [0.2, 0.25) is 5.02 Å². The predicted molar refractivity (Wildman–Crippen MR) is 88.5 cm³/mol. The summed E-state index contributed by atoms with van der Waals surface area (Å²) in [5, 5.41) is 0.504. The van der Waals surface area contributed by atoms with Gasteiger partial charge >= 0.3 is 0 Å². The third kappa shape index (κ3) is 3.27. The Kier molecular flexibility index (Phi) is 4.29. The van der Waals surface area contributed by atoms with Gasteiger partial charge in [0.1, 0.15) is 5.82 Å². The number of sulfone groups is 1. The molecule has 0 saturated heterocycles. The first-order chi connectivity index (χ1) is 11.4. The molecular weight excluding hydrogens is 355 g/mol. The molecule has 3 rings (SSSR count). The van der Waals surface area contributed by atoms with Gasteiger partial charge in [-0.05, 0) is 48.5 Å². The molecular formula is C16H12ClFN2O3S. The average molecular weight is 367 g/mol. The average Bonchev–Trinajstić information content (AvgIpc) is 2.54. The second kappa shape index (κ2) is 6.26. The summed E-state index contributed by atoms with van der Waals surface area (Å²) in [5.74, 6) is -1.23. The molecule has 8 heteroatoms. The smallest absolute Gasteiger partial charge is 0.269 e. The number of hydrazine groups is 1. The normalized spacial score (nSPS) is 15.2. The van der Waals surface area contributed by atoms with Gasteiger partial charge in [-0.1, -0.05) is 11.6 Å². The molecule has 0 bridgehead atoms. The van der Waals surface area contributed by atoms with Crippen molar-refractivity contribution in [3.8, 4) is 0 Å². The van der Waals surface area contributed by atoms with E-state index in [1.807, 2.05) is 0 Å². The number of hydrogen-bond acceptors (Lipinski definition) is 4. The highest BCUT2D eigenvalue weighted by Crippen LogP contribution is 2.28. The molecule has 2 aromatic carbocycles. The van der Waals surface area contributed by atoms with Gasteiger partial charge in [0.05, 0.1) is 16.3 Å². The van der Waals surface area contributed by atoms with E-state index in [1.54, 1.807) is 24.3 Å². The van der Waals surface area contributed by atoms with Crippen molar-refractivity contribution in [1.29, 1.82) is 0 Å². The summed E-state index contributed by atoms with van der Waals surface area (Å²) in [6.07, 6.45) is 1.39. The summed E-state index contributed by atoms with van der Waals surface area (Å²) < 4.78 is 37.5. The van der Waals surface area contributed by atoms with E-state index in [9.17, 15) is 17.6 Å². The van der Waals surface area contributed by atoms with E-state index >= 15 is 0 Å². The second-order valence-electron chi connectivity index (χ2n) is 5.13. The molecule has 0 saturated carbocycles. The minimum absolute atomic E-state index is 0.0228. The minimum atomic E-state index is -3.50. The first-order valence-corrected chi connectivity index (χ1v) is 8.94. The van der Waals surface area contributed by atoms with E-state index in [1.165, 1.54) is 12.1 Å². The Morgan fingerprint density at radius 3 is 2.54 bits per heavy atom. The van der Waals surface area contributed by atoms with Crippen LogP contribution in [0.15, 0.2) is 53.4 Å². The SMILES string of the molecule is O=C(NNC1=CCS(=O)(=O)c2ccc(F)cc21)c1ccc(Cl)cc1. The molecule has 5 nitrogen and oxygen atoms in total. The molecule has 1 amide bonds. The number of hydrogen-bond donors (Lipinski definition) is 2. The summed E-state index contributed by atoms with van der Waals surface area (Å²) >= 11 is 5.76. The second-order valence-corrected chi connectivity index (χ2v) is 7.56. The molecule has 24 heavy (non-hydrogen) atoms. The standard InChI is InChI=1S/C16H12ClFN2O3S/c17-11-3-1-10(2-4-11)16(21)20-19-14-7-8-24(22,23)15-6-5-12(18)9-13(14)15/h1-7,9,19H,8H2,(H,20,21). The van der Waals surface area contributed by atoms with Crippen LogP contribution >= 0.6 is 11.6 Å². The largest absolute Gasteiger partial charge is 0.298 e. The first-order valence-electron chi connectivity index (χ1n) is 6.91. The van der Waals surface area contributed by atoms with Gasteiger partial charge in [-0.3, -0.25) is 15.6 Å². The maximum atomic E-state index is 13.5. The van der Waals surface area contributed by atoms with Crippen LogP contribution in [-0.4, -0.2) is 20.1 Å². The number of benzene rings is 2. The van der Waals surface area contributed by atoms with E-state index in [2.05, 4.69) is 10.9 Å². The van der Waals surface area contributed by atoms with Crippen molar-refractivity contribution in [2.45, 2.75) is 4.90 Å². The fourth-order valence-corrected chi connectivity index (χ4v) is 3.76. The Morgan fingerprint density at radius 2 is 1.83 bits per heavy atom. The van der Waals surface area contributed by atoms with Crippen molar-refractivity contribution in [3.63, 3.8) is 0 Å². The van der Waals surface area contributed by atoms with Gasteiger partial charge in [-0.2, -0.15) is 0 Å². The van der Waals surface area contributed by atoms with Crippen molar-refractivity contribution in [1.82, 2.24) is 10.9 Å². The van der Waals surface area contributed by atoms with Gasteiger partial charge in [0, 0.05) is 16.1 Å². The van der Waals surface area contributed by atoms with Crippen LogP contribution in [0.1, 0.15) is 15.9 Å². The number of rotatable bonds is 3. The van der Waals surface area contributed by atoms with E-state index in [4.69, 9.17) is 11.6 Å². The number of fused-ring (bicyclic) bond motifs is 1. The summed E-state index contributed by atoms with van der Waals surface area (Å²) in [7, 11) is -3.50. The van der Waals surface area contributed by atoms with Gasteiger partial charge in [0.25, 0.3) is 5.91 Å². The number of carbonyl (C=O) groups is 1. The molecule has 124 valence electrons. The molecule has 0 unspecified atom stereocenters. The first kappa shape index (κ1) is 16.5. The number of nitrogens with one attached hydrogen (secondary N) is 2. The lowest BCUT2D eigenvalue weighted by Crippen LogP contribution is -2.37. The molecule has 1 aliphatic heterocycles. The molecule has 2 aromatic rings. The molecule has 1 aliphatic rings. The molecule has 0 aromatic heterocycles. The van der Waals surface area contributed by atoms with Crippen LogP contribution in [0.25, 0.3) is 5.70 Å². The molecule has 0 aliphatic carbocycles. The minimum Gasteiger partial charge on any atom is -0.298 e. The number of carbonyl (C=O) groups excluding carboxylic acids is 1. The Labute approximate surface area is 143 Å². The fraction of sp³-hybridized carbons (Fsp3) is 0.0625. The van der Waals surface area contributed by atoms with Gasteiger partial charge in [0.2, 0.25) is 0 Å². The Morgan fingerprint density at radius 1 is 1.12 bits per heavy atom. The monoisotopic (exact) mass is 366 g/mol. The Balaban J connectivity index is 1.81. The maximum absolute atomic E-state index is 13.5. The maximum Gasteiger partial charge on any atom is 0.269 e. The van der Waals surface area contributed by atoms with Gasteiger partial charge in [-0.15, -0.1) is 0 Å². The van der Waals surface area contributed by atoms with Crippen molar-refractivity contribution >= 4 is 33.0 Å². The fourth-order valence-electron chi connectivity index (χ4n) is 2.29. The Hall–Kier alpha value is -2.38. The zero-order valence-corrected chi connectivity index (χ0v) is 13.8. The van der Waals surface area contributed by atoms with Crippen molar-refractivity contribution < 1.29 is 17.6 Å². The molecule has 0 radical (unpaired) electrons. The van der Waals surface area contributed by atoms with Gasteiger partial charge in [-0.25, -0.2) is 12.8 Å². The third-order valence-electron chi connectivity index (χ3n) is 3.49. The summed E-state index contributed by atoms with van der Waals surface area (Å²) in [6, 6.07) is 9.67. The summed E-state index contributed by atoms with van der Waals surface area (Å²) in [4.78, 5) is 12.1. The van der Waals surface area contributed by atoms with Crippen LogP contribution in [0.4, 0.5) is 4.39 Å². The quantitative estimate of drug-likeness (QED) is 0.646. The van der Waals surface area contributed by atoms with Crippen LogP contribution in [-0.2, 0) is 9.84 Å². The predicted octanol–water partition coefficient (Wildman–Crippen LogP) is 2.54. The lowest BCUT2D eigenvalue weighted by Gasteiger charge is -2.19. The van der Waals surface area contributed by atoms with Crippen LogP contribution in [0, 0.1) is 5.82 Å².